The zero-order valence-electron chi connectivity index (χ0n) is 4.89. The Kier molecular flexibility index (Phi) is 2.11. The van der Waals surface area contributed by atoms with Gasteiger partial charge in [-0.15, -0.1) is 4.36 Å². The third kappa shape index (κ3) is 1.38. The van der Waals surface area contributed by atoms with E-state index in [1.54, 1.807) is 0 Å². The normalized spacial score (nSPS) is 8.80. The van der Waals surface area contributed by atoms with Crippen LogP contribution in [0.5, 0.6) is 0 Å². The lowest BCUT2D eigenvalue weighted by molar-refractivity contribution is 0.100. The highest BCUT2D eigenvalue weighted by atomic mass is 32.1. The molecule has 1 aromatic rings. The predicted octanol–water partition coefficient (Wildman–Crippen LogP) is 0.347. The van der Waals surface area contributed by atoms with Gasteiger partial charge in [-0.25, -0.2) is 9.97 Å². The van der Waals surface area contributed by atoms with E-state index in [2.05, 4.69) is 26.8 Å². The predicted molar refractivity (Wildman–Crippen MR) is 36.2 cm³/mol. The van der Waals surface area contributed by atoms with Gasteiger partial charge < -0.3 is 0 Å². The molecule has 1 amide bonds. The Morgan fingerprint density at radius 1 is 1.70 bits per heavy atom. The van der Waals surface area contributed by atoms with Crippen LogP contribution in [0.1, 0.15) is 10.5 Å². The van der Waals surface area contributed by atoms with Crippen LogP contribution >= 0.6 is 0 Å². The molecule has 0 fully saturated rings. The van der Waals surface area contributed by atoms with E-state index in [-0.39, 0.29) is 5.69 Å². The second-order valence-corrected chi connectivity index (χ2v) is 1.67. The summed E-state index contributed by atoms with van der Waals surface area (Å²) in [6, 6.07) is 1.46. The van der Waals surface area contributed by atoms with Crippen LogP contribution in [0.25, 0.3) is 0 Å². The molecule has 0 spiro atoms. The van der Waals surface area contributed by atoms with Crippen molar-refractivity contribution in [1.29, 1.82) is 0 Å². The Bertz CT molecular complexity index is 248. The van der Waals surface area contributed by atoms with Gasteiger partial charge in [-0.1, -0.05) is 0 Å². The minimum absolute atomic E-state index is 0.227. The molecular weight excluding hydrogens is 150 g/mol. The smallest absolute Gasteiger partial charge is 0.264 e. The molecule has 0 aliphatic rings. The number of carbonyl (C=O) groups excluding carboxylic acids is 1. The van der Waals surface area contributed by atoms with Crippen molar-refractivity contribution >= 4 is 18.3 Å². The van der Waals surface area contributed by atoms with Crippen LogP contribution in [0.3, 0.4) is 0 Å². The molecule has 0 bridgehead atoms. The number of amides is 1. The molecule has 0 aliphatic carbocycles. The molecule has 4 nitrogen and oxygen atoms in total. The average Bonchev–Trinajstić information content (AvgIpc) is 2.05. The van der Waals surface area contributed by atoms with Crippen LogP contribution in [-0.4, -0.2) is 15.9 Å². The van der Waals surface area contributed by atoms with Crippen LogP contribution in [-0.2, 0) is 12.4 Å². The van der Waals surface area contributed by atoms with Gasteiger partial charge in [0, 0.05) is 18.6 Å². The highest BCUT2D eigenvalue weighted by Gasteiger charge is 2.01. The van der Waals surface area contributed by atoms with Gasteiger partial charge in [-0.3, -0.25) is 4.79 Å². The van der Waals surface area contributed by atoms with Gasteiger partial charge in [-0.2, -0.15) is 0 Å². The maximum atomic E-state index is 10.7. The Balaban J connectivity index is 2.95. The monoisotopic (exact) mass is 153 g/mol. The van der Waals surface area contributed by atoms with E-state index in [4.69, 9.17) is 0 Å². The van der Waals surface area contributed by atoms with Crippen molar-refractivity contribution in [3.8, 4) is 0 Å². The zero-order chi connectivity index (χ0) is 7.40. The third-order valence-electron chi connectivity index (χ3n) is 0.884. The highest BCUT2D eigenvalue weighted by Crippen LogP contribution is 1.92. The zero-order valence-corrected chi connectivity index (χ0v) is 5.71. The van der Waals surface area contributed by atoms with E-state index >= 15 is 0 Å². The van der Waals surface area contributed by atoms with Gasteiger partial charge in [0.15, 0.2) is 0 Å². The van der Waals surface area contributed by atoms with E-state index in [1.807, 2.05) is 0 Å². The van der Waals surface area contributed by atoms with Crippen molar-refractivity contribution in [2.45, 2.75) is 0 Å². The number of nitrogens with zero attached hydrogens (tertiary/aromatic N) is 3. The van der Waals surface area contributed by atoms with Gasteiger partial charge in [0.25, 0.3) is 0 Å². The molecule has 0 aliphatic heterocycles. The first kappa shape index (κ1) is 6.88. The molecule has 50 valence electrons. The van der Waals surface area contributed by atoms with Gasteiger partial charge >= 0.3 is 5.91 Å². The van der Waals surface area contributed by atoms with E-state index in [9.17, 15) is 4.79 Å². The molecule has 0 atom stereocenters. The lowest BCUT2D eigenvalue weighted by atomic mass is 10.4. The summed E-state index contributed by atoms with van der Waals surface area (Å²) in [5.74, 6) is -0.502. The maximum absolute atomic E-state index is 10.7. The van der Waals surface area contributed by atoms with Crippen LogP contribution in [0, 0.1) is 0 Å². The van der Waals surface area contributed by atoms with E-state index in [0.29, 0.717) is 0 Å². The van der Waals surface area contributed by atoms with E-state index in [0.717, 1.165) is 0 Å². The molecule has 0 aromatic carbocycles. The van der Waals surface area contributed by atoms with Crippen molar-refractivity contribution in [2.24, 2.45) is 4.36 Å². The molecular formula is C5H3N3OS. The lowest BCUT2D eigenvalue weighted by Crippen LogP contribution is -1.96. The molecule has 10 heavy (non-hydrogen) atoms. The number of aromatic nitrogens is 2. The van der Waals surface area contributed by atoms with Crippen molar-refractivity contribution in [2.75, 3.05) is 0 Å². The van der Waals surface area contributed by atoms with E-state index < -0.39 is 5.91 Å². The van der Waals surface area contributed by atoms with Gasteiger partial charge in [0.2, 0.25) is 0 Å². The highest BCUT2D eigenvalue weighted by molar-refractivity contribution is 7.47. The summed E-state index contributed by atoms with van der Waals surface area (Å²) in [7, 11) is 0. The largest absolute Gasteiger partial charge is 0.306 e. The first-order chi connectivity index (χ1) is 4.84. The summed E-state index contributed by atoms with van der Waals surface area (Å²) < 4.78 is 3.01. The Hall–Kier alpha value is -1.23. The third-order valence-corrected chi connectivity index (χ3v) is 1.05. The van der Waals surface area contributed by atoms with Crippen LogP contribution < -0.4 is 0 Å². The minimum atomic E-state index is -0.502. The summed E-state index contributed by atoms with van der Waals surface area (Å²) in [4.78, 5) is 17.9. The molecule has 0 saturated heterocycles. The first-order valence-corrected chi connectivity index (χ1v) is 2.85. The van der Waals surface area contributed by atoms with Crippen LogP contribution in [0.15, 0.2) is 23.0 Å². The van der Waals surface area contributed by atoms with Crippen LogP contribution in [0.4, 0.5) is 0 Å². The van der Waals surface area contributed by atoms with Crippen molar-refractivity contribution in [3.05, 3.63) is 24.3 Å². The number of hydrogen-bond donors (Lipinski definition) is 0. The Morgan fingerprint density at radius 2 is 2.50 bits per heavy atom. The summed E-state index contributed by atoms with van der Waals surface area (Å²) >= 11 is 4.17. The minimum Gasteiger partial charge on any atom is -0.264 e. The Labute approximate surface area is 62.5 Å². The Morgan fingerprint density at radius 3 is 3.00 bits per heavy atom. The second-order valence-electron chi connectivity index (χ2n) is 1.49. The molecule has 0 radical (unpaired) electrons. The quantitative estimate of drug-likeness (QED) is 0.584. The molecule has 1 heterocycles. The standard InChI is InChI=1S/C5H3N3OS/c9-5(8-10)4-1-2-6-3-7-4/h1-3H. The summed E-state index contributed by atoms with van der Waals surface area (Å²) in [6.07, 6.45) is 2.73. The second kappa shape index (κ2) is 3.07. The number of hydrogen-bond acceptors (Lipinski definition) is 4. The summed E-state index contributed by atoms with van der Waals surface area (Å²) in [6.45, 7) is 0. The summed E-state index contributed by atoms with van der Waals surface area (Å²) in [5, 5.41) is 0. The SMILES string of the molecule is O=C(N=S)c1ccncn1. The van der Waals surface area contributed by atoms with Gasteiger partial charge in [0.05, 0.1) is 0 Å². The number of rotatable bonds is 1. The van der Waals surface area contributed by atoms with Gasteiger partial charge in [-0.05, 0) is 6.07 Å². The molecule has 0 saturated carbocycles. The molecule has 0 N–H and O–H groups in total. The van der Waals surface area contributed by atoms with Crippen molar-refractivity contribution in [3.63, 3.8) is 0 Å². The lowest BCUT2D eigenvalue weighted by Gasteiger charge is -1.87. The molecule has 0 unspecified atom stereocenters. The van der Waals surface area contributed by atoms with Crippen LogP contribution in [0.2, 0.25) is 0 Å². The fraction of sp³-hybridized carbons (Fsp3) is 0. The average molecular weight is 153 g/mol. The number of carbonyl (C=O) groups is 1. The molecule has 5 heteroatoms. The van der Waals surface area contributed by atoms with Crippen molar-refractivity contribution < 1.29 is 4.79 Å². The first-order valence-electron chi connectivity index (χ1n) is 2.48. The van der Waals surface area contributed by atoms with Gasteiger partial charge in [0.1, 0.15) is 12.0 Å². The maximum Gasteiger partial charge on any atom is 0.306 e. The van der Waals surface area contributed by atoms with E-state index in [1.165, 1.54) is 18.6 Å². The summed E-state index contributed by atoms with van der Waals surface area (Å²) in [5.41, 5.74) is 0.227. The topological polar surface area (TPSA) is 55.2 Å². The van der Waals surface area contributed by atoms with Crippen molar-refractivity contribution in [1.82, 2.24) is 9.97 Å². The molecule has 1 aromatic heterocycles. The fourth-order valence-electron chi connectivity index (χ4n) is 0.464. The fourth-order valence-corrected chi connectivity index (χ4v) is 0.557. The molecule has 1 rings (SSSR count).